The Morgan fingerprint density at radius 1 is 1.00 bits per heavy atom. The fourth-order valence-corrected chi connectivity index (χ4v) is 4.43. The van der Waals surface area contributed by atoms with Gasteiger partial charge in [0.25, 0.3) is 0 Å². The summed E-state index contributed by atoms with van der Waals surface area (Å²) in [5.41, 5.74) is 5.45. The minimum absolute atomic E-state index is 0.268. The van der Waals surface area contributed by atoms with E-state index in [1.807, 2.05) is 77.4 Å². The molecule has 5 aromatic rings. The van der Waals surface area contributed by atoms with E-state index in [9.17, 15) is 4.79 Å². The standard InChI is InChI=1S/C27H21Cl2N3O2/c1-2-34-27(33)25-23(21-13-12-20(29)14-22(21)31-25)26-24(18-6-4-3-5-7-18)30-16-32(26)15-17-8-10-19(28)11-9-17/h3-14,16,31H,2,15H2,1H3. The van der Waals surface area contributed by atoms with Crippen molar-refractivity contribution in [1.29, 1.82) is 0 Å². The number of aromatic amines is 1. The number of nitrogens with one attached hydrogen (secondary N) is 1. The van der Waals surface area contributed by atoms with Gasteiger partial charge in [-0.25, -0.2) is 9.78 Å². The number of halogens is 2. The number of carbonyl (C=O) groups is 1. The van der Waals surface area contributed by atoms with Crippen LogP contribution in [0.25, 0.3) is 33.4 Å². The first-order chi connectivity index (χ1) is 16.5. The van der Waals surface area contributed by atoms with Gasteiger partial charge in [0.15, 0.2) is 0 Å². The average Bonchev–Trinajstić information content (AvgIpc) is 3.41. The van der Waals surface area contributed by atoms with Crippen molar-refractivity contribution in [1.82, 2.24) is 14.5 Å². The van der Waals surface area contributed by atoms with Crippen LogP contribution in [0.15, 0.2) is 79.1 Å². The van der Waals surface area contributed by atoms with Crippen LogP contribution in [0, 0.1) is 0 Å². The monoisotopic (exact) mass is 489 g/mol. The largest absolute Gasteiger partial charge is 0.461 e. The van der Waals surface area contributed by atoms with Crippen LogP contribution in [0.5, 0.6) is 0 Å². The van der Waals surface area contributed by atoms with Crippen LogP contribution in [0.4, 0.5) is 0 Å². The highest BCUT2D eigenvalue weighted by molar-refractivity contribution is 6.31. The Labute approximate surface area is 206 Å². The molecule has 34 heavy (non-hydrogen) atoms. The van der Waals surface area contributed by atoms with Crippen molar-refractivity contribution in [2.75, 3.05) is 6.61 Å². The van der Waals surface area contributed by atoms with Crippen molar-refractivity contribution in [3.8, 4) is 22.5 Å². The van der Waals surface area contributed by atoms with Crippen LogP contribution in [0.1, 0.15) is 23.0 Å². The summed E-state index contributed by atoms with van der Waals surface area (Å²) in [6.45, 7) is 2.61. The minimum atomic E-state index is -0.428. The molecule has 5 rings (SSSR count). The van der Waals surface area contributed by atoms with E-state index >= 15 is 0 Å². The number of benzene rings is 3. The van der Waals surface area contributed by atoms with Crippen LogP contribution < -0.4 is 0 Å². The van der Waals surface area contributed by atoms with Crippen molar-refractivity contribution >= 4 is 40.1 Å². The van der Waals surface area contributed by atoms with E-state index in [2.05, 4.69) is 4.98 Å². The topological polar surface area (TPSA) is 59.9 Å². The summed E-state index contributed by atoms with van der Waals surface area (Å²) in [4.78, 5) is 21.0. The van der Waals surface area contributed by atoms with E-state index in [4.69, 9.17) is 32.9 Å². The zero-order chi connectivity index (χ0) is 23.7. The summed E-state index contributed by atoms with van der Waals surface area (Å²) in [6.07, 6.45) is 1.80. The number of carbonyl (C=O) groups excluding carboxylic acids is 1. The van der Waals surface area contributed by atoms with Gasteiger partial charge in [-0.15, -0.1) is 0 Å². The third-order valence-corrected chi connectivity index (χ3v) is 6.12. The molecule has 0 bridgehead atoms. The summed E-state index contributed by atoms with van der Waals surface area (Å²) in [5, 5.41) is 2.12. The molecule has 5 nitrogen and oxygen atoms in total. The summed E-state index contributed by atoms with van der Waals surface area (Å²) in [7, 11) is 0. The van der Waals surface area contributed by atoms with E-state index in [0.29, 0.717) is 22.3 Å². The molecule has 0 saturated heterocycles. The molecular weight excluding hydrogens is 469 g/mol. The Morgan fingerprint density at radius 2 is 1.74 bits per heavy atom. The molecule has 2 heterocycles. The Balaban J connectivity index is 1.78. The van der Waals surface area contributed by atoms with E-state index in [1.165, 1.54) is 0 Å². The van der Waals surface area contributed by atoms with Crippen molar-refractivity contribution in [2.24, 2.45) is 0 Å². The SMILES string of the molecule is CCOC(=O)c1[nH]c2cc(Cl)ccc2c1-c1c(-c2ccccc2)ncn1Cc1ccc(Cl)cc1. The highest BCUT2D eigenvalue weighted by Gasteiger charge is 2.26. The lowest BCUT2D eigenvalue weighted by molar-refractivity contribution is 0.0521. The molecule has 0 saturated carbocycles. The van der Waals surface area contributed by atoms with Crippen LogP contribution in [0.3, 0.4) is 0 Å². The van der Waals surface area contributed by atoms with Crippen LogP contribution in [-0.2, 0) is 11.3 Å². The minimum Gasteiger partial charge on any atom is -0.461 e. The van der Waals surface area contributed by atoms with E-state index in [1.54, 1.807) is 13.3 Å². The number of esters is 1. The van der Waals surface area contributed by atoms with E-state index in [0.717, 1.165) is 39.0 Å². The number of hydrogen-bond acceptors (Lipinski definition) is 3. The highest BCUT2D eigenvalue weighted by atomic mass is 35.5. The van der Waals surface area contributed by atoms with Crippen molar-refractivity contribution in [3.05, 3.63) is 100 Å². The number of H-pyrrole nitrogens is 1. The number of hydrogen-bond donors (Lipinski definition) is 1. The van der Waals surface area contributed by atoms with Gasteiger partial charge in [0, 0.05) is 38.6 Å². The van der Waals surface area contributed by atoms with Crippen molar-refractivity contribution in [2.45, 2.75) is 13.5 Å². The molecule has 7 heteroatoms. The van der Waals surface area contributed by atoms with Gasteiger partial charge in [0.1, 0.15) is 5.69 Å². The second-order valence-corrected chi connectivity index (χ2v) is 8.72. The quantitative estimate of drug-likeness (QED) is 0.256. The summed E-state index contributed by atoms with van der Waals surface area (Å²) < 4.78 is 7.44. The zero-order valence-corrected chi connectivity index (χ0v) is 19.9. The summed E-state index contributed by atoms with van der Waals surface area (Å²) in [5.74, 6) is -0.428. The molecule has 1 N–H and O–H groups in total. The smallest absolute Gasteiger partial charge is 0.355 e. The third kappa shape index (κ3) is 4.20. The number of aromatic nitrogens is 3. The molecule has 2 aromatic heterocycles. The maximum Gasteiger partial charge on any atom is 0.355 e. The molecule has 3 aromatic carbocycles. The molecule has 0 radical (unpaired) electrons. The zero-order valence-electron chi connectivity index (χ0n) is 18.4. The van der Waals surface area contributed by atoms with Crippen molar-refractivity contribution < 1.29 is 9.53 Å². The lowest BCUT2D eigenvalue weighted by atomic mass is 10.0. The summed E-state index contributed by atoms with van der Waals surface area (Å²) >= 11 is 12.3. The second-order valence-electron chi connectivity index (χ2n) is 7.85. The highest BCUT2D eigenvalue weighted by Crippen LogP contribution is 2.39. The van der Waals surface area contributed by atoms with Gasteiger partial charge in [0.2, 0.25) is 0 Å². The van der Waals surface area contributed by atoms with Gasteiger partial charge in [0.05, 0.1) is 24.3 Å². The third-order valence-electron chi connectivity index (χ3n) is 5.63. The lowest BCUT2D eigenvalue weighted by Crippen LogP contribution is -2.08. The van der Waals surface area contributed by atoms with E-state index < -0.39 is 5.97 Å². The predicted molar refractivity (Wildman–Crippen MR) is 136 cm³/mol. The van der Waals surface area contributed by atoms with Crippen molar-refractivity contribution in [3.63, 3.8) is 0 Å². The Bertz CT molecular complexity index is 1470. The molecule has 0 aliphatic carbocycles. The van der Waals surface area contributed by atoms with Gasteiger partial charge < -0.3 is 14.3 Å². The molecule has 170 valence electrons. The van der Waals surface area contributed by atoms with Gasteiger partial charge in [-0.2, -0.15) is 0 Å². The molecule has 0 amide bonds. The second kappa shape index (κ2) is 9.37. The molecule has 0 atom stereocenters. The maximum atomic E-state index is 13.0. The number of fused-ring (bicyclic) bond motifs is 1. The Morgan fingerprint density at radius 3 is 2.47 bits per heavy atom. The van der Waals surface area contributed by atoms with E-state index in [-0.39, 0.29) is 6.61 Å². The fourth-order valence-electron chi connectivity index (χ4n) is 4.13. The first-order valence-corrected chi connectivity index (χ1v) is 11.6. The maximum absolute atomic E-state index is 13.0. The lowest BCUT2D eigenvalue weighted by Gasteiger charge is -2.12. The molecule has 0 spiro atoms. The molecular formula is C27H21Cl2N3O2. The van der Waals surface area contributed by atoms with Crippen LogP contribution in [0.2, 0.25) is 10.0 Å². The molecule has 0 aliphatic rings. The molecule has 0 aliphatic heterocycles. The van der Waals surface area contributed by atoms with Crippen LogP contribution in [-0.4, -0.2) is 27.1 Å². The first kappa shape index (κ1) is 22.3. The fraction of sp³-hybridized carbons (Fsp3) is 0.111. The normalized spacial score (nSPS) is 11.1. The van der Waals surface area contributed by atoms with Gasteiger partial charge in [-0.05, 0) is 36.8 Å². The first-order valence-electron chi connectivity index (χ1n) is 10.9. The molecule has 0 unspecified atom stereocenters. The molecule has 0 fully saturated rings. The summed E-state index contributed by atoms with van der Waals surface area (Å²) in [6, 6.07) is 23.2. The number of rotatable bonds is 6. The number of imidazole rings is 1. The van der Waals surface area contributed by atoms with Gasteiger partial charge in [-0.1, -0.05) is 71.7 Å². The number of nitrogens with zero attached hydrogens (tertiary/aromatic N) is 2. The van der Waals surface area contributed by atoms with Gasteiger partial charge in [-0.3, -0.25) is 0 Å². The predicted octanol–water partition coefficient (Wildman–Crippen LogP) is 7.23. The van der Waals surface area contributed by atoms with Gasteiger partial charge >= 0.3 is 5.97 Å². The number of ether oxygens (including phenoxy) is 1. The Hall–Kier alpha value is -3.54. The Kier molecular flexibility index (Phi) is 6.14. The average molecular weight is 490 g/mol. The van der Waals surface area contributed by atoms with Crippen LogP contribution >= 0.6 is 23.2 Å².